The Balaban J connectivity index is 1.58. The molecule has 0 aliphatic rings. The molecule has 29 heavy (non-hydrogen) atoms. The highest BCUT2D eigenvalue weighted by Crippen LogP contribution is 2.34. The van der Waals surface area contributed by atoms with E-state index >= 15 is 0 Å². The van der Waals surface area contributed by atoms with E-state index in [1.54, 1.807) is 7.11 Å². The van der Waals surface area contributed by atoms with Crippen molar-refractivity contribution in [2.24, 2.45) is 0 Å². The first kappa shape index (κ1) is 21.7. The van der Waals surface area contributed by atoms with Crippen molar-refractivity contribution in [2.45, 2.75) is 26.5 Å². The first-order valence-electron chi connectivity index (χ1n) is 9.55. The van der Waals surface area contributed by atoms with Crippen LogP contribution in [0.5, 0.6) is 11.5 Å². The van der Waals surface area contributed by atoms with Gasteiger partial charge in [-0.15, -0.1) is 0 Å². The van der Waals surface area contributed by atoms with Gasteiger partial charge in [0.1, 0.15) is 6.61 Å². The van der Waals surface area contributed by atoms with Crippen molar-refractivity contribution < 1.29 is 9.47 Å². The van der Waals surface area contributed by atoms with E-state index in [1.807, 2.05) is 36.4 Å². The lowest BCUT2D eigenvalue weighted by Crippen LogP contribution is -2.17. The summed E-state index contributed by atoms with van der Waals surface area (Å²) in [6.07, 6.45) is 0.948. The summed E-state index contributed by atoms with van der Waals surface area (Å²) in [5.41, 5.74) is 4.77. The van der Waals surface area contributed by atoms with Crippen LogP contribution in [0.15, 0.2) is 65.1 Å². The van der Waals surface area contributed by atoms with Crippen molar-refractivity contribution in [2.75, 3.05) is 13.7 Å². The predicted octanol–water partition coefficient (Wildman–Crippen LogP) is 6.33. The smallest absolute Gasteiger partial charge is 0.162 e. The van der Waals surface area contributed by atoms with Crippen LogP contribution < -0.4 is 14.8 Å². The van der Waals surface area contributed by atoms with Crippen molar-refractivity contribution >= 4 is 27.5 Å². The van der Waals surface area contributed by atoms with Gasteiger partial charge in [0.15, 0.2) is 11.5 Å². The SMILES string of the molecule is COc1cc(CNCCc2ccc(Cl)cc2)c(Br)cc1OCc1ccccc1C. The molecule has 0 saturated carbocycles. The molecule has 0 saturated heterocycles. The number of hydrogen-bond donors (Lipinski definition) is 1. The fourth-order valence-electron chi connectivity index (χ4n) is 3.02. The molecule has 0 fully saturated rings. The molecule has 0 spiro atoms. The summed E-state index contributed by atoms with van der Waals surface area (Å²) in [5.74, 6) is 1.46. The topological polar surface area (TPSA) is 30.5 Å². The second-order valence-corrected chi connectivity index (χ2v) is 8.15. The molecule has 3 aromatic carbocycles. The zero-order valence-electron chi connectivity index (χ0n) is 16.7. The fourth-order valence-corrected chi connectivity index (χ4v) is 3.61. The molecule has 0 aliphatic carbocycles. The summed E-state index contributed by atoms with van der Waals surface area (Å²) in [7, 11) is 1.67. The second kappa shape index (κ2) is 10.7. The van der Waals surface area contributed by atoms with E-state index in [0.717, 1.165) is 46.1 Å². The summed E-state index contributed by atoms with van der Waals surface area (Å²) in [5, 5.41) is 4.25. The average Bonchev–Trinajstić information content (AvgIpc) is 2.73. The van der Waals surface area contributed by atoms with Crippen LogP contribution in [0.4, 0.5) is 0 Å². The minimum atomic E-state index is 0.508. The highest BCUT2D eigenvalue weighted by atomic mass is 79.9. The lowest BCUT2D eigenvalue weighted by Gasteiger charge is -2.15. The Labute approximate surface area is 186 Å². The van der Waals surface area contributed by atoms with Crippen LogP contribution >= 0.6 is 27.5 Å². The Morgan fingerprint density at radius 1 is 0.966 bits per heavy atom. The molecular weight excluding hydrogens is 450 g/mol. The third-order valence-electron chi connectivity index (χ3n) is 4.80. The Bertz CT molecular complexity index is 944. The van der Waals surface area contributed by atoms with Crippen molar-refractivity contribution in [3.8, 4) is 11.5 Å². The van der Waals surface area contributed by atoms with Gasteiger partial charge in [0.05, 0.1) is 7.11 Å². The quantitative estimate of drug-likeness (QED) is 0.368. The van der Waals surface area contributed by atoms with Gasteiger partial charge in [-0.25, -0.2) is 0 Å². The van der Waals surface area contributed by atoms with E-state index in [0.29, 0.717) is 6.61 Å². The van der Waals surface area contributed by atoms with E-state index in [-0.39, 0.29) is 0 Å². The van der Waals surface area contributed by atoms with Gasteiger partial charge in [0.25, 0.3) is 0 Å². The van der Waals surface area contributed by atoms with Gasteiger partial charge >= 0.3 is 0 Å². The maximum atomic E-state index is 6.04. The summed E-state index contributed by atoms with van der Waals surface area (Å²) >= 11 is 9.60. The molecule has 0 aliphatic heterocycles. The van der Waals surface area contributed by atoms with Crippen LogP contribution in [-0.2, 0) is 19.6 Å². The summed E-state index contributed by atoms with van der Waals surface area (Å²) in [4.78, 5) is 0. The molecule has 0 atom stereocenters. The average molecular weight is 475 g/mol. The highest BCUT2D eigenvalue weighted by Gasteiger charge is 2.11. The van der Waals surface area contributed by atoms with E-state index in [1.165, 1.54) is 16.7 Å². The Kier molecular flexibility index (Phi) is 7.99. The van der Waals surface area contributed by atoms with Gasteiger partial charge < -0.3 is 14.8 Å². The van der Waals surface area contributed by atoms with Crippen LogP contribution in [0.25, 0.3) is 0 Å². The van der Waals surface area contributed by atoms with Gasteiger partial charge in [-0.3, -0.25) is 0 Å². The number of halogens is 2. The molecule has 152 valence electrons. The summed E-state index contributed by atoms with van der Waals surface area (Å²) < 4.78 is 12.6. The molecule has 0 radical (unpaired) electrons. The van der Waals surface area contributed by atoms with Crippen molar-refractivity contribution in [1.82, 2.24) is 5.32 Å². The van der Waals surface area contributed by atoms with Gasteiger partial charge in [0, 0.05) is 16.0 Å². The molecule has 3 aromatic rings. The number of rotatable bonds is 9. The van der Waals surface area contributed by atoms with Gasteiger partial charge in [-0.2, -0.15) is 0 Å². The molecule has 1 N–H and O–H groups in total. The lowest BCUT2D eigenvalue weighted by atomic mass is 10.1. The first-order chi connectivity index (χ1) is 14.1. The molecule has 3 rings (SSSR count). The van der Waals surface area contributed by atoms with Crippen LogP contribution in [-0.4, -0.2) is 13.7 Å². The monoisotopic (exact) mass is 473 g/mol. The van der Waals surface area contributed by atoms with Gasteiger partial charge in [-0.05, 0) is 66.4 Å². The minimum absolute atomic E-state index is 0.508. The fraction of sp³-hybridized carbons (Fsp3) is 0.250. The number of ether oxygens (including phenoxy) is 2. The van der Waals surface area contributed by atoms with Crippen LogP contribution in [0.3, 0.4) is 0 Å². The molecule has 0 unspecified atom stereocenters. The second-order valence-electron chi connectivity index (χ2n) is 6.86. The largest absolute Gasteiger partial charge is 0.493 e. The predicted molar refractivity (Wildman–Crippen MR) is 123 cm³/mol. The van der Waals surface area contributed by atoms with Gasteiger partial charge in [0.2, 0.25) is 0 Å². The number of methoxy groups -OCH3 is 1. The number of nitrogens with one attached hydrogen (secondary N) is 1. The number of hydrogen-bond acceptors (Lipinski definition) is 3. The molecule has 0 bridgehead atoms. The molecule has 3 nitrogen and oxygen atoms in total. The lowest BCUT2D eigenvalue weighted by molar-refractivity contribution is 0.283. The molecule has 0 heterocycles. The molecule has 5 heteroatoms. The van der Waals surface area contributed by atoms with Crippen LogP contribution in [0, 0.1) is 6.92 Å². The van der Waals surface area contributed by atoms with Crippen molar-refractivity contribution in [3.63, 3.8) is 0 Å². The van der Waals surface area contributed by atoms with Crippen LogP contribution in [0.1, 0.15) is 22.3 Å². The Morgan fingerprint density at radius 2 is 1.72 bits per heavy atom. The minimum Gasteiger partial charge on any atom is -0.493 e. The normalized spacial score (nSPS) is 10.8. The highest BCUT2D eigenvalue weighted by molar-refractivity contribution is 9.10. The zero-order chi connectivity index (χ0) is 20.6. The third-order valence-corrected chi connectivity index (χ3v) is 5.79. The standard InChI is InChI=1S/C24H25BrClNO2/c1-17-5-3-4-6-19(17)16-29-24-14-22(25)20(13-23(24)28-2)15-27-12-11-18-7-9-21(26)10-8-18/h3-10,13-14,27H,11-12,15-16H2,1-2H3. The number of benzene rings is 3. The number of aryl methyl sites for hydroxylation is 1. The zero-order valence-corrected chi connectivity index (χ0v) is 19.0. The molecule has 0 aromatic heterocycles. The van der Waals surface area contributed by atoms with Crippen LogP contribution in [0.2, 0.25) is 5.02 Å². The van der Waals surface area contributed by atoms with E-state index in [2.05, 4.69) is 52.4 Å². The molecule has 0 amide bonds. The van der Waals surface area contributed by atoms with Crippen molar-refractivity contribution in [3.05, 3.63) is 92.4 Å². The van der Waals surface area contributed by atoms with E-state index in [9.17, 15) is 0 Å². The first-order valence-corrected chi connectivity index (χ1v) is 10.7. The summed E-state index contributed by atoms with van der Waals surface area (Å²) in [6.45, 7) is 4.21. The Hall–Kier alpha value is -2.01. The maximum Gasteiger partial charge on any atom is 0.162 e. The van der Waals surface area contributed by atoms with Crippen molar-refractivity contribution in [1.29, 1.82) is 0 Å². The maximum absolute atomic E-state index is 6.04. The van der Waals surface area contributed by atoms with E-state index in [4.69, 9.17) is 21.1 Å². The third kappa shape index (κ3) is 6.23. The van der Waals surface area contributed by atoms with E-state index < -0.39 is 0 Å². The van der Waals surface area contributed by atoms with Gasteiger partial charge in [-0.1, -0.05) is 63.9 Å². The summed E-state index contributed by atoms with van der Waals surface area (Å²) in [6, 6.07) is 20.2. The molecular formula is C24H25BrClNO2. The Morgan fingerprint density at radius 3 is 2.45 bits per heavy atom.